The molecule has 1 aliphatic rings. The van der Waals surface area contributed by atoms with Crippen LogP contribution >= 0.6 is 24.8 Å². The normalized spacial score (nSPS) is 16.5. The van der Waals surface area contributed by atoms with Gasteiger partial charge in [0.15, 0.2) is 0 Å². The zero-order valence-corrected chi connectivity index (χ0v) is 13.3. The molecular weight excluding hydrogens is 330 g/mol. The van der Waals surface area contributed by atoms with Crippen molar-refractivity contribution >= 4 is 36.4 Å². The fourth-order valence-corrected chi connectivity index (χ4v) is 2.32. The van der Waals surface area contributed by atoms with E-state index >= 15 is 0 Å². The van der Waals surface area contributed by atoms with Gasteiger partial charge in [-0.1, -0.05) is 0 Å². The lowest BCUT2D eigenvalue weighted by atomic mass is 10.1. The largest absolute Gasteiger partial charge is 0.326 e. The van der Waals surface area contributed by atoms with Crippen molar-refractivity contribution in [2.24, 2.45) is 5.92 Å². The van der Waals surface area contributed by atoms with Crippen molar-refractivity contribution in [3.05, 3.63) is 42.7 Å². The summed E-state index contributed by atoms with van der Waals surface area (Å²) in [5.41, 5.74) is 0.881. The summed E-state index contributed by atoms with van der Waals surface area (Å²) in [5, 5.41) is 5.89. The van der Waals surface area contributed by atoms with Crippen LogP contribution in [-0.4, -0.2) is 28.5 Å². The number of halogens is 3. The van der Waals surface area contributed by atoms with Gasteiger partial charge in [0.05, 0.1) is 17.9 Å². The molecule has 1 aliphatic heterocycles. The molecule has 1 saturated heterocycles. The van der Waals surface area contributed by atoms with Crippen molar-refractivity contribution < 1.29 is 9.18 Å². The number of benzene rings is 1. The molecule has 1 aromatic carbocycles. The molecule has 0 bridgehead atoms. The minimum Gasteiger partial charge on any atom is -0.326 e. The Morgan fingerprint density at radius 1 is 1.41 bits per heavy atom. The highest BCUT2D eigenvalue weighted by atomic mass is 35.5. The Morgan fingerprint density at radius 3 is 2.82 bits per heavy atom. The third-order valence-corrected chi connectivity index (χ3v) is 3.43. The van der Waals surface area contributed by atoms with Gasteiger partial charge in [-0.15, -0.1) is 24.8 Å². The zero-order valence-electron chi connectivity index (χ0n) is 11.7. The summed E-state index contributed by atoms with van der Waals surface area (Å²) in [4.78, 5) is 15.8. The maximum atomic E-state index is 14.0. The Balaban J connectivity index is 0.00000121. The van der Waals surface area contributed by atoms with E-state index in [1.165, 1.54) is 12.4 Å². The van der Waals surface area contributed by atoms with Gasteiger partial charge in [-0.25, -0.2) is 9.37 Å². The maximum Gasteiger partial charge on any atom is 0.228 e. The Labute approximate surface area is 140 Å². The lowest BCUT2D eigenvalue weighted by Crippen LogP contribution is -2.24. The van der Waals surface area contributed by atoms with Crippen LogP contribution in [0, 0.1) is 11.7 Å². The topological polar surface area (TPSA) is 59.0 Å². The molecule has 2 heterocycles. The van der Waals surface area contributed by atoms with Gasteiger partial charge >= 0.3 is 0 Å². The summed E-state index contributed by atoms with van der Waals surface area (Å²) >= 11 is 0. The SMILES string of the molecule is Cl.Cl.O=C(Nc1ccc(-n2ccnc2)c(F)c1)C1CCNC1. The molecule has 2 N–H and O–H groups in total. The van der Waals surface area contributed by atoms with Gasteiger partial charge < -0.3 is 15.2 Å². The molecule has 1 unspecified atom stereocenters. The third kappa shape index (κ3) is 3.97. The summed E-state index contributed by atoms with van der Waals surface area (Å²) in [6.45, 7) is 1.54. The van der Waals surface area contributed by atoms with E-state index in [4.69, 9.17) is 0 Å². The highest BCUT2D eigenvalue weighted by Gasteiger charge is 2.22. The predicted octanol–water partition coefficient (Wildman–Crippen LogP) is 2.40. The van der Waals surface area contributed by atoms with Crippen molar-refractivity contribution in [2.45, 2.75) is 6.42 Å². The number of nitrogens with zero attached hydrogens (tertiary/aromatic N) is 2. The summed E-state index contributed by atoms with van der Waals surface area (Å²) in [6, 6.07) is 4.65. The molecular formula is C14H17Cl2FN4O. The summed E-state index contributed by atoms with van der Waals surface area (Å²) in [7, 11) is 0. The van der Waals surface area contributed by atoms with Crippen molar-refractivity contribution in [1.82, 2.24) is 14.9 Å². The van der Waals surface area contributed by atoms with Gasteiger partial charge in [0.2, 0.25) is 5.91 Å². The average molecular weight is 347 g/mol. The van der Waals surface area contributed by atoms with Crippen LogP contribution in [0.1, 0.15) is 6.42 Å². The maximum absolute atomic E-state index is 14.0. The van der Waals surface area contributed by atoms with Crippen molar-refractivity contribution in [2.75, 3.05) is 18.4 Å². The number of hydrogen-bond acceptors (Lipinski definition) is 3. The van der Waals surface area contributed by atoms with Crippen LogP contribution in [0.15, 0.2) is 36.9 Å². The first-order chi connectivity index (χ1) is 9.74. The summed E-state index contributed by atoms with van der Waals surface area (Å²) < 4.78 is 15.6. The predicted molar refractivity (Wildman–Crippen MR) is 87.6 cm³/mol. The molecule has 5 nitrogen and oxygen atoms in total. The average Bonchev–Trinajstić information content (AvgIpc) is 3.12. The Morgan fingerprint density at radius 2 is 2.23 bits per heavy atom. The van der Waals surface area contributed by atoms with Gasteiger partial charge in [0.1, 0.15) is 5.82 Å². The molecule has 1 amide bonds. The highest BCUT2D eigenvalue weighted by molar-refractivity contribution is 5.93. The molecule has 8 heteroatoms. The Kier molecular flexibility index (Phi) is 6.80. The van der Waals surface area contributed by atoms with Crippen molar-refractivity contribution in [3.8, 4) is 5.69 Å². The Hall–Kier alpha value is -1.63. The van der Waals surface area contributed by atoms with Crippen LogP contribution in [0.3, 0.4) is 0 Å². The molecule has 1 atom stereocenters. The molecule has 2 aromatic rings. The van der Waals surface area contributed by atoms with Crippen LogP contribution in [-0.2, 0) is 4.79 Å². The number of hydrogen-bond donors (Lipinski definition) is 2. The lowest BCUT2D eigenvalue weighted by Gasteiger charge is -2.11. The van der Waals surface area contributed by atoms with Crippen LogP contribution in [0.5, 0.6) is 0 Å². The molecule has 0 radical (unpaired) electrons. The first kappa shape index (κ1) is 18.4. The van der Waals surface area contributed by atoms with E-state index in [1.54, 1.807) is 29.1 Å². The van der Waals surface area contributed by atoms with E-state index in [1.807, 2.05) is 0 Å². The van der Waals surface area contributed by atoms with Crippen LogP contribution in [0.2, 0.25) is 0 Å². The van der Waals surface area contributed by atoms with Gasteiger partial charge in [-0.2, -0.15) is 0 Å². The number of aromatic nitrogens is 2. The monoisotopic (exact) mass is 346 g/mol. The molecule has 22 heavy (non-hydrogen) atoms. The number of anilines is 1. The molecule has 1 aromatic heterocycles. The quantitative estimate of drug-likeness (QED) is 0.897. The van der Waals surface area contributed by atoms with E-state index in [0.29, 0.717) is 17.9 Å². The molecule has 0 saturated carbocycles. The summed E-state index contributed by atoms with van der Waals surface area (Å²) in [5.74, 6) is -0.499. The van der Waals surface area contributed by atoms with Crippen LogP contribution in [0.4, 0.5) is 10.1 Å². The highest BCUT2D eigenvalue weighted by Crippen LogP contribution is 2.19. The smallest absolute Gasteiger partial charge is 0.228 e. The summed E-state index contributed by atoms with van der Waals surface area (Å²) in [6.07, 6.45) is 5.60. The van der Waals surface area contributed by atoms with Crippen LogP contribution in [0.25, 0.3) is 5.69 Å². The first-order valence-electron chi connectivity index (χ1n) is 6.53. The van der Waals surface area contributed by atoms with E-state index in [9.17, 15) is 9.18 Å². The first-order valence-corrected chi connectivity index (χ1v) is 6.53. The number of imidazole rings is 1. The molecule has 0 spiro atoms. The molecule has 0 aliphatic carbocycles. The minimum atomic E-state index is -0.398. The zero-order chi connectivity index (χ0) is 13.9. The van der Waals surface area contributed by atoms with E-state index in [-0.39, 0.29) is 36.6 Å². The number of carbonyl (C=O) groups excluding carboxylic acids is 1. The number of carbonyl (C=O) groups is 1. The Bertz CT molecular complexity index is 615. The second kappa shape index (κ2) is 8.12. The van der Waals surface area contributed by atoms with Gasteiger partial charge in [-0.05, 0) is 31.2 Å². The van der Waals surface area contributed by atoms with E-state index < -0.39 is 5.82 Å². The fraction of sp³-hybridized carbons (Fsp3) is 0.286. The van der Waals surface area contributed by atoms with Gasteiger partial charge in [0, 0.05) is 24.6 Å². The standard InChI is InChI=1S/C14H15FN4O.2ClH/c15-12-7-11(18-14(20)10-3-4-16-8-10)1-2-13(12)19-6-5-17-9-19;;/h1-2,5-7,9-10,16H,3-4,8H2,(H,18,20);2*1H. The van der Waals surface area contributed by atoms with Crippen LogP contribution < -0.4 is 10.6 Å². The number of nitrogens with one attached hydrogen (secondary N) is 2. The number of amides is 1. The molecule has 3 rings (SSSR count). The third-order valence-electron chi connectivity index (χ3n) is 3.43. The second-order valence-corrected chi connectivity index (χ2v) is 4.82. The fourth-order valence-electron chi connectivity index (χ4n) is 2.32. The number of rotatable bonds is 3. The van der Waals surface area contributed by atoms with E-state index in [0.717, 1.165) is 13.0 Å². The van der Waals surface area contributed by atoms with Crippen molar-refractivity contribution in [3.63, 3.8) is 0 Å². The van der Waals surface area contributed by atoms with E-state index in [2.05, 4.69) is 15.6 Å². The molecule has 1 fully saturated rings. The second-order valence-electron chi connectivity index (χ2n) is 4.82. The van der Waals surface area contributed by atoms with Crippen molar-refractivity contribution in [1.29, 1.82) is 0 Å². The lowest BCUT2D eigenvalue weighted by molar-refractivity contribution is -0.119. The molecule has 120 valence electrons. The van der Waals surface area contributed by atoms with Gasteiger partial charge in [0.25, 0.3) is 0 Å². The minimum absolute atomic E-state index is 0. The van der Waals surface area contributed by atoms with Gasteiger partial charge in [-0.3, -0.25) is 4.79 Å².